The Bertz CT molecular complexity index is 552. The molecule has 6 nitrogen and oxygen atoms in total. The minimum Gasteiger partial charge on any atom is -0.381 e. The van der Waals surface area contributed by atoms with Crippen LogP contribution in [0.2, 0.25) is 0 Å². The maximum absolute atomic E-state index is 5.38. The van der Waals surface area contributed by atoms with Gasteiger partial charge in [0.2, 0.25) is 0 Å². The van der Waals surface area contributed by atoms with E-state index in [1.165, 1.54) is 0 Å². The van der Waals surface area contributed by atoms with Gasteiger partial charge in [-0.3, -0.25) is 4.68 Å². The smallest absolute Gasteiger partial charge is 0.163 e. The first kappa shape index (κ1) is 11.4. The van der Waals surface area contributed by atoms with E-state index in [1.807, 2.05) is 7.05 Å². The second kappa shape index (κ2) is 4.53. The van der Waals surface area contributed by atoms with Crippen LogP contribution in [-0.4, -0.2) is 39.0 Å². The molecule has 1 N–H and O–H groups in total. The minimum absolute atomic E-state index is 0.369. The zero-order valence-corrected chi connectivity index (χ0v) is 10.6. The van der Waals surface area contributed by atoms with E-state index in [4.69, 9.17) is 4.74 Å². The summed E-state index contributed by atoms with van der Waals surface area (Å²) in [7, 11) is 3.66. The minimum atomic E-state index is 0.369. The van der Waals surface area contributed by atoms with Crippen molar-refractivity contribution in [2.45, 2.75) is 31.4 Å². The lowest BCUT2D eigenvalue weighted by atomic mass is 10.2. The lowest BCUT2D eigenvalue weighted by molar-refractivity contribution is 0.108. The first-order valence-corrected chi connectivity index (χ1v) is 6.20. The molecule has 6 heteroatoms. The zero-order chi connectivity index (χ0) is 12.5. The van der Waals surface area contributed by atoms with E-state index in [0.717, 1.165) is 36.1 Å². The molecule has 1 aliphatic rings. The van der Waals surface area contributed by atoms with Crippen molar-refractivity contribution in [3.05, 3.63) is 12.5 Å². The topological polar surface area (TPSA) is 64.9 Å². The highest BCUT2D eigenvalue weighted by Gasteiger charge is 2.25. The number of methoxy groups -OCH3 is 1. The fourth-order valence-corrected chi connectivity index (χ4v) is 2.56. The molecular formula is C12H17N5O. The molecular weight excluding hydrogens is 230 g/mol. The van der Waals surface area contributed by atoms with Crippen LogP contribution in [0, 0.1) is 0 Å². The molecule has 0 spiro atoms. The lowest BCUT2D eigenvalue weighted by Crippen LogP contribution is -2.18. The van der Waals surface area contributed by atoms with Gasteiger partial charge in [0.05, 0.1) is 17.7 Å². The number of rotatable bonds is 3. The van der Waals surface area contributed by atoms with Crippen molar-refractivity contribution >= 4 is 16.9 Å². The Morgan fingerprint density at radius 1 is 1.39 bits per heavy atom. The third kappa shape index (κ3) is 1.92. The van der Waals surface area contributed by atoms with Crippen molar-refractivity contribution in [2.24, 2.45) is 7.05 Å². The van der Waals surface area contributed by atoms with Gasteiger partial charge >= 0.3 is 0 Å². The Kier molecular flexibility index (Phi) is 2.87. The molecule has 2 aromatic rings. The predicted octanol–water partition coefficient (Wildman–Crippen LogP) is 1.34. The number of hydrogen-bond donors (Lipinski definition) is 1. The van der Waals surface area contributed by atoms with E-state index < -0.39 is 0 Å². The maximum atomic E-state index is 5.38. The van der Waals surface area contributed by atoms with Crippen molar-refractivity contribution in [3.63, 3.8) is 0 Å². The fraction of sp³-hybridized carbons (Fsp3) is 0.583. The molecule has 0 bridgehead atoms. The summed E-state index contributed by atoms with van der Waals surface area (Å²) in [6.07, 6.45) is 7.01. The van der Waals surface area contributed by atoms with Crippen molar-refractivity contribution < 1.29 is 4.74 Å². The van der Waals surface area contributed by atoms with Gasteiger partial charge in [0.1, 0.15) is 12.1 Å². The molecule has 0 aliphatic heterocycles. The van der Waals surface area contributed by atoms with Crippen LogP contribution >= 0.6 is 0 Å². The third-order valence-electron chi connectivity index (χ3n) is 3.59. The van der Waals surface area contributed by atoms with Crippen LogP contribution in [-0.2, 0) is 11.8 Å². The SMILES string of the molecule is COC1CCC(Nc2ncnc3c2cnn3C)C1. The summed E-state index contributed by atoms with van der Waals surface area (Å²) in [6.45, 7) is 0. The van der Waals surface area contributed by atoms with Gasteiger partial charge in [-0.05, 0) is 19.3 Å². The van der Waals surface area contributed by atoms with E-state index in [2.05, 4.69) is 20.4 Å². The molecule has 0 amide bonds. The van der Waals surface area contributed by atoms with Crippen molar-refractivity contribution in [2.75, 3.05) is 12.4 Å². The van der Waals surface area contributed by atoms with Crippen molar-refractivity contribution in [1.29, 1.82) is 0 Å². The molecule has 0 radical (unpaired) electrons. The van der Waals surface area contributed by atoms with Gasteiger partial charge < -0.3 is 10.1 Å². The van der Waals surface area contributed by atoms with Gasteiger partial charge in [-0.1, -0.05) is 0 Å². The quantitative estimate of drug-likeness (QED) is 0.886. The first-order valence-electron chi connectivity index (χ1n) is 6.20. The largest absolute Gasteiger partial charge is 0.381 e. The molecule has 1 aliphatic carbocycles. The van der Waals surface area contributed by atoms with Gasteiger partial charge in [0, 0.05) is 20.2 Å². The predicted molar refractivity (Wildman–Crippen MR) is 68.4 cm³/mol. The van der Waals surface area contributed by atoms with Crippen LogP contribution in [0.15, 0.2) is 12.5 Å². The Morgan fingerprint density at radius 2 is 2.28 bits per heavy atom. The van der Waals surface area contributed by atoms with Gasteiger partial charge in [-0.25, -0.2) is 9.97 Å². The van der Waals surface area contributed by atoms with Crippen LogP contribution in [0.3, 0.4) is 0 Å². The standard InChI is InChI=1S/C12H17N5O/c1-17-12-10(6-15-17)11(13-7-14-12)16-8-3-4-9(5-8)18-2/h6-9H,3-5H2,1-2H3,(H,13,14,16). The van der Waals surface area contributed by atoms with Crippen molar-refractivity contribution in [1.82, 2.24) is 19.7 Å². The van der Waals surface area contributed by atoms with Gasteiger partial charge in [-0.15, -0.1) is 0 Å². The summed E-state index contributed by atoms with van der Waals surface area (Å²) >= 11 is 0. The summed E-state index contributed by atoms with van der Waals surface area (Å²) in [6, 6.07) is 0.424. The average molecular weight is 247 g/mol. The molecule has 0 saturated heterocycles. The third-order valence-corrected chi connectivity index (χ3v) is 3.59. The highest BCUT2D eigenvalue weighted by molar-refractivity contribution is 5.86. The number of hydrogen-bond acceptors (Lipinski definition) is 5. The van der Waals surface area contributed by atoms with Crippen LogP contribution in [0.4, 0.5) is 5.82 Å². The molecule has 2 unspecified atom stereocenters. The molecule has 0 aromatic carbocycles. The molecule has 2 heterocycles. The maximum Gasteiger partial charge on any atom is 0.163 e. The van der Waals surface area contributed by atoms with Crippen LogP contribution in [0.25, 0.3) is 11.0 Å². The molecule has 18 heavy (non-hydrogen) atoms. The monoisotopic (exact) mass is 247 g/mol. The van der Waals surface area contributed by atoms with E-state index in [9.17, 15) is 0 Å². The van der Waals surface area contributed by atoms with E-state index in [-0.39, 0.29) is 0 Å². The number of anilines is 1. The first-order chi connectivity index (χ1) is 8.78. The van der Waals surface area contributed by atoms with E-state index in [1.54, 1.807) is 24.3 Å². The summed E-state index contributed by atoms with van der Waals surface area (Å²) in [4.78, 5) is 8.55. The Hall–Kier alpha value is -1.69. The van der Waals surface area contributed by atoms with Gasteiger partial charge in [0.15, 0.2) is 5.65 Å². The summed E-state index contributed by atoms with van der Waals surface area (Å²) in [5.74, 6) is 0.870. The van der Waals surface area contributed by atoms with E-state index >= 15 is 0 Å². The second-order valence-electron chi connectivity index (χ2n) is 4.74. The zero-order valence-electron chi connectivity index (χ0n) is 10.6. The highest BCUT2D eigenvalue weighted by Crippen LogP contribution is 2.26. The molecule has 3 rings (SSSR count). The summed E-state index contributed by atoms with van der Waals surface area (Å²) < 4.78 is 7.14. The number of nitrogens with zero attached hydrogens (tertiary/aromatic N) is 4. The Balaban J connectivity index is 1.83. The van der Waals surface area contributed by atoms with Crippen LogP contribution in [0.5, 0.6) is 0 Å². The number of aromatic nitrogens is 4. The number of fused-ring (bicyclic) bond motifs is 1. The van der Waals surface area contributed by atoms with E-state index in [0.29, 0.717) is 12.1 Å². The molecule has 1 fully saturated rings. The van der Waals surface area contributed by atoms with Gasteiger partial charge in [-0.2, -0.15) is 5.10 Å². The Labute approximate surface area is 105 Å². The molecule has 96 valence electrons. The second-order valence-corrected chi connectivity index (χ2v) is 4.74. The van der Waals surface area contributed by atoms with Crippen LogP contribution in [0.1, 0.15) is 19.3 Å². The average Bonchev–Trinajstić information content (AvgIpc) is 2.98. The fourth-order valence-electron chi connectivity index (χ4n) is 2.56. The van der Waals surface area contributed by atoms with Crippen molar-refractivity contribution in [3.8, 4) is 0 Å². The number of nitrogens with one attached hydrogen (secondary N) is 1. The molecule has 1 saturated carbocycles. The number of ether oxygens (including phenoxy) is 1. The Morgan fingerprint density at radius 3 is 3.06 bits per heavy atom. The normalized spacial score (nSPS) is 23.7. The lowest BCUT2D eigenvalue weighted by Gasteiger charge is -2.13. The number of aryl methyl sites for hydroxylation is 1. The molecule has 2 atom stereocenters. The summed E-state index contributed by atoms with van der Waals surface area (Å²) in [5.41, 5.74) is 0.855. The van der Waals surface area contributed by atoms with Gasteiger partial charge in [0.25, 0.3) is 0 Å². The summed E-state index contributed by atoms with van der Waals surface area (Å²) in [5, 5.41) is 8.66. The molecule has 2 aromatic heterocycles. The highest BCUT2D eigenvalue weighted by atomic mass is 16.5. The van der Waals surface area contributed by atoms with Crippen LogP contribution < -0.4 is 5.32 Å².